The molecule has 0 spiro atoms. The number of nitrogens with one attached hydrogen (secondary N) is 3. The first kappa shape index (κ1) is 31.9. The van der Waals surface area contributed by atoms with Crippen molar-refractivity contribution in [1.29, 1.82) is 0 Å². The first-order valence-corrected chi connectivity index (χ1v) is 13.9. The second-order valence-electron chi connectivity index (χ2n) is 11.0. The molecule has 42 heavy (non-hydrogen) atoms. The molecule has 0 fully saturated rings. The van der Waals surface area contributed by atoms with Gasteiger partial charge in [-0.1, -0.05) is 91.0 Å². The fourth-order valence-corrected chi connectivity index (χ4v) is 4.07. The summed E-state index contributed by atoms with van der Waals surface area (Å²) in [5.74, 6) is -1.74. The molecule has 0 radical (unpaired) electrons. The van der Waals surface area contributed by atoms with Gasteiger partial charge in [0.2, 0.25) is 11.8 Å². The summed E-state index contributed by atoms with van der Waals surface area (Å²) < 4.78 is 10.7. The van der Waals surface area contributed by atoms with Gasteiger partial charge in [-0.25, -0.2) is 9.59 Å². The third-order valence-corrected chi connectivity index (χ3v) is 6.14. The SMILES string of the molecule is C[C@@H](NC(=O)[C@H](Cc1ccccc1)NC(=O)[C@@H](Cc1ccccc1)NC(=O)OC(C)(C)C)C(=O)OCc1ccccc1. The first-order chi connectivity index (χ1) is 20.0. The van der Waals surface area contributed by atoms with Crippen LogP contribution in [-0.4, -0.2) is 47.6 Å². The maximum Gasteiger partial charge on any atom is 0.408 e. The molecule has 0 saturated carbocycles. The van der Waals surface area contributed by atoms with Crippen molar-refractivity contribution >= 4 is 23.9 Å². The lowest BCUT2D eigenvalue weighted by Crippen LogP contribution is -2.57. The van der Waals surface area contributed by atoms with E-state index in [0.29, 0.717) is 0 Å². The highest BCUT2D eigenvalue weighted by Crippen LogP contribution is 2.10. The summed E-state index contributed by atoms with van der Waals surface area (Å²) in [4.78, 5) is 52.2. The lowest BCUT2D eigenvalue weighted by atomic mass is 10.0. The summed E-state index contributed by atoms with van der Waals surface area (Å²) in [6, 6.07) is 24.6. The molecule has 0 aliphatic carbocycles. The zero-order chi connectivity index (χ0) is 30.5. The molecule has 3 aromatic carbocycles. The highest BCUT2D eigenvalue weighted by molar-refractivity contribution is 5.93. The Labute approximate surface area is 247 Å². The average molecular weight is 574 g/mol. The first-order valence-electron chi connectivity index (χ1n) is 13.9. The maximum atomic E-state index is 13.6. The van der Waals surface area contributed by atoms with Crippen LogP contribution in [0.15, 0.2) is 91.0 Å². The largest absolute Gasteiger partial charge is 0.459 e. The van der Waals surface area contributed by atoms with E-state index in [1.165, 1.54) is 6.92 Å². The van der Waals surface area contributed by atoms with Gasteiger partial charge in [-0.3, -0.25) is 9.59 Å². The summed E-state index contributed by atoms with van der Waals surface area (Å²) >= 11 is 0. The lowest BCUT2D eigenvalue weighted by Gasteiger charge is -2.26. The van der Waals surface area contributed by atoms with Crippen LogP contribution in [0.2, 0.25) is 0 Å². The van der Waals surface area contributed by atoms with E-state index in [9.17, 15) is 19.2 Å². The predicted molar refractivity (Wildman–Crippen MR) is 159 cm³/mol. The third-order valence-electron chi connectivity index (χ3n) is 6.14. The van der Waals surface area contributed by atoms with Crippen LogP contribution in [0.5, 0.6) is 0 Å². The Morgan fingerprint density at radius 3 is 1.55 bits per heavy atom. The molecule has 0 aromatic heterocycles. The van der Waals surface area contributed by atoms with E-state index in [1.54, 1.807) is 20.8 Å². The van der Waals surface area contributed by atoms with Crippen molar-refractivity contribution in [2.75, 3.05) is 0 Å². The fraction of sp³-hybridized carbons (Fsp3) is 0.333. The van der Waals surface area contributed by atoms with E-state index in [4.69, 9.17) is 9.47 Å². The number of rotatable bonds is 12. The normalized spacial score (nSPS) is 13.1. The molecule has 0 heterocycles. The van der Waals surface area contributed by atoms with Crippen molar-refractivity contribution in [2.24, 2.45) is 0 Å². The molecule has 3 amide bonds. The Morgan fingerprint density at radius 1 is 0.643 bits per heavy atom. The van der Waals surface area contributed by atoms with Gasteiger partial charge < -0.3 is 25.4 Å². The van der Waals surface area contributed by atoms with Crippen molar-refractivity contribution in [3.63, 3.8) is 0 Å². The molecule has 0 bridgehead atoms. The van der Waals surface area contributed by atoms with E-state index in [1.807, 2.05) is 91.0 Å². The molecule has 0 aliphatic heterocycles. The summed E-state index contributed by atoms with van der Waals surface area (Å²) in [6.07, 6.45) is -0.417. The molecule has 9 nitrogen and oxygen atoms in total. The molecule has 9 heteroatoms. The van der Waals surface area contributed by atoms with E-state index >= 15 is 0 Å². The average Bonchev–Trinajstić information content (AvgIpc) is 2.95. The molecule has 0 aliphatic rings. The van der Waals surface area contributed by atoms with Crippen LogP contribution in [-0.2, 0) is 43.3 Å². The van der Waals surface area contributed by atoms with Crippen LogP contribution in [0.4, 0.5) is 4.79 Å². The van der Waals surface area contributed by atoms with Crippen molar-refractivity contribution in [1.82, 2.24) is 16.0 Å². The van der Waals surface area contributed by atoms with Gasteiger partial charge in [-0.05, 0) is 44.4 Å². The molecule has 222 valence electrons. The van der Waals surface area contributed by atoms with Crippen molar-refractivity contribution in [2.45, 2.75) is 70.9 Å². The van der Waals surface area contributed by atoms with Gasteiger partial charge in [0.25, 0.3) is 0 Å². The number of carbonyl (C=O) groups is 4. The number of amides is 3. The Balaban J connectivity index is 1.74. The van der Waals surface area contributed by atoms with E-state index < -0.39 is 47.6 Å². The minimum absolute atomic E-state index is 0.0710. The van der Waals surface area contributed by atoms with Crippen LogP contribution in [0.1, 0.15) is 44.4 Å². The Morgan fingerprint density at radius 2 is 1.07 bits per heavy atom. The van der Waals surface area contributed by atoms with E-state index in [2.05, 4.69) is 16.0 Å². The zero-order valence-corrected chi connectivity index (χ0v) is 24.5. The highest BCUT2D eigenvalue weighted by Gasteiger charge is 2.30. The number of benzene rings is 3. The van der Waals surface area contributed by atoms with Crippen LogP contribution in [0.3, 0.4) is 0 Å². The van der Waals surface area contributed by atoms with Gasteiger partial charge in [-0.15, -0.1) is 0 Å². The molecule has 0 unspecified atom stereocenters. The topological polar surface area (TPSA) is 123 Å². The van der Waals surface area contributed by atoms with Gasteiger partial charge in [-0.2, -0.15) is 0 Å². The molecule has 3 N–H and O–H groups in total. The molecule has 3 aromatic rings. The summed E-state index contributed by atoms with van der Waals surface area (Å²) in [7, 11) is 0. The number of hydrogen-bond acceptors (Lipinski definition) is 6. The molecule has 0 saturated heterocycles. The zero-order valence-electron chi connectivity index (χ0n) is 24.5. The van der Waals surface area contributed by atoms with Gasteiger partial charge in [0.1, 0.15) is 30.3 Å². The van der Waals surface area contributed by atoms with Crippen LogP contribution in [0, 0.1) is 0 Å². The predicted octanol–water partition coefficient (Wildman–Crippen LogP) is 4.10. The van der Waals surface area contributed by atoms with E-state index in [-0.39, 0.29) is 19.4 Å². The second-order valence-corrected chi connectivity index (χ2v) is 11.0. The highest BCUT2D eigenvalue weighted by atomic mass is 16.6. The van der Waals surface area contributed by atoms with Gasteiger partial charge in [0.15, 0.2) is 0 Å². The third kappa shape index (κ3) is 11.1. The summed E-state index contributed by atoms with van der Waals surface area (Å²) in [6.45, 7) is 6.78. The van der Waals surface area contributed by atoms with Crippen molar-refractivity contribution in [3.8, 4) is 0 Å². The smallest absolute Gasteiger partial charge is 0.408 e. The van der Waals surface area contributed by atoms with Crippen LogP contribution in [0.25, 0.3) is 0 Å². The number of esters is 1. The number of alkyl carbamates (subject to hydrolysis) is 1. The monoisotopic (exact) mass is 573 g/mol. The summed E-state index contributed by atoms with van der Waals surface area (Å²) in [5, 5.41) is 8.09. The quantitative estimate of drug-likeness (QED) is 0.281. The number of carbonyl (C=O) groups excluding carboxylic acids is 4. The molecule has 3 rings (SSSR count). The fourth-order valence-electron chi connectivity index (χ4n) is 4.07. The van der Waals surface area contributed by atoms with Gasteiger partial charge in [0, 0.05) is 12.8 Å². The van der Waals surface area contributed by atoms with Crippen LogP contribution < -0.4 is 16.0 Å². The number of hydrogen-bond donors (Lipinski definition) is 3. The lowest BCUT2D eigenvalue weighted by molar-refractivity contribution is -0.148. The molecule has 3 atom stereocenters. The molecular weight excluding hydrogens is 534 g/mol. The minimum atomic E-state index is -1.04. The summed E-state index contributed by atoms with van der Waals surface area (Å²) in [5.41, 5.74) is 1.67. The minimum Gasteiger partial charge on any atom is -0.459 e. The second kappa shape index (κ2) is 15.4. The Hall–Kier alpha value is -4.66. The van der Waals surface area contributed by atoms with E-state index in [0.717, 1.165) is 16.7 Å². The van der Waals surface area contributed by atoms with Gasteiger partial charge >= 0.3 is 12.1 Å². The van der Waals surface area contributed by atoms with Gasteiger partial charge in [0.05, 0.1) is 0 Å². The van der Waals surface area contributed by atoms with Crippen molar-refractivity contribution < 1.29 is 28.7 Å². The Bertz CT molecular complexity index is 1310. The Kier molecular flexibility index (Phi) is 11.7. The maximum absolute atomic E-state index is 13.6. The molecular formula is C33H39N3O6. The van der Waals surface area contributed by atoms with Crippen molar-refractivity contribution in [3.05, 3.63) is 108 Å². The standard InChI is InChI=1S/C33H39N3O6/c1-23(31(39)41-22-26-18-12-7-13-19-26)34-29(37)27(20-24-14-8-5-9-15-24)35-30(38)28(21-25-16-10-6-11-17-25)36-32(40)42-33(2,3)4/h5-19,23,27-28H,20-22H2,1-4H3,(H,34,37)(H,35,38)(H,36,40)/t23-,27+,28-/m1/s1. The van der Waals surface area contributed by atoms with Crippen LogP contribution >= 0.6 is 0 Å². The number of ether oxygens (including phenoxy) is 2.